The second kappa shape index (κ2) is 8.35. The lowest BCUT2D eigenvalue weighted by molar-refractivity contribution is -0.117. The maximum atomic E-state index is 12.3. The lowest BCUT2D eigenvalue weighted by atomic mass is 10.1. The monoisotopic (exact) mass is 412 g/mol. The Morgan fingerprint density at radius 3 is 2.62 bits per heavy atom. The van der Waals surface area contributed by atoms with Gasteiger partial charge in [-0.05, 0) is 42.8 Å². The molecule has 0 radical (unpaired) electrons. The van der Waals surface area contributed by atoms with Gasteiger partial charge in [-0.2, -0.15) is 5.26 Å². The predicted molar refractivity (Wildman–Crippen MR) is 107 cm³/mol. The second-order valence-corrected chi connectivity index (χ2v) is 7.26. The number of piperazine rings is 1. The summed E-state index contributed by atoms with van der Waals surface area (Å²) in [6.45, 7) is 5.59. The van der Waals surface area contributed by atoms with Gasteiger partial charge in [0, 0.05) is 36.3 Å². The van der Waals surface area contributed by atoms with Gasteiger partial charge in [0.05, 0.1) is 17.8 Å². The van der Waals surface area contributed by atoms with Gasteiger partial charge in [0.15, 0.2) is 0 Å². The summed E-state index contributed by atoms with van der Waals surface area (Å²) >= 11 is 3.46. The van der Waals surface area contributed by atoms with Crippen LogP contribution in [0.5, 0.6) is 0 Å². The van der Waals surface area contributed by atoms with Crippen LogP contribution in [0.4, 0.5) is 11.4 Å². The van der Waals surface area contributed by atoms with E-state index in [0.29, 0.717) is 12.1 Å². The molecule has 0 atom stereocenters. The Morgan fingerprint density at radius 2 is 1.92 bits per heavy atom. The highest BCUT2D eigenvalue weighted by Crippen LogP contribution is 2.22. The molecule has 1 saturated heterocycles. The molecule has 134 valence electrons. The van der Waals surface area contributed by atoms with Crippen molar-refractivity contribution in [3.05, 3.63) is 58.1 Å². The molecule has 0 spiro atoms. The molecule has 2 aromatic carbocycles. The number of nitrogens with one attached hydrogen (secondary N) is 1. The SMILES string of the molecule is Cc1cc(NC(=O)CN2CCN(c3ccccc3C#N)CC2)ccc1Br. The second-order valence-electron chi connectivity index (χ2n) is 6.40. The van der Waals surface area contributed by atoms with Crippen molar-refractivity contribution < 1.29 is 4.79 Å². The Morgan fingerprint density at radius 1 is 1.19 bits per heavy atom. The van der Waals surface area contributed by atoms with E-state index >= 15 is 0 Å². The number of rotatable bonds is 4. The molecule has 1 aliphatic heterocycles. The molecule has 2 aromatic rings. The quantitative estimate of drug-likeness (QED) is 0.835. The van der Waals surface area contributed by atoms with Crippen molar-refractivity contribution in [2.24, 2.45) is 0 Å². The van der Waals surface area contributed by atoms with Crippen molar-refractivity contribution in [3.8, 4) is 6.07 Å². The van der Waals surface area contributed by atoms with E-state index in [0.717, 1.165) is 47.6 Å². The molecule has 1 fully saturated rings. The number of amides is 1. The topological polar surface area (TPSA) is 59.4 Å². The zero-order valence-electron chi connectivity index (χ0n) is 14.7. The average molecular weight is 413 g/mol. The Kier molecular flexibility index (Phi) is 5.92. The third kappa shape index (κ3) is 4.43. The molecule has 5 nitrogen and oxygen atoms in total. The minimum absolute atomic E-state index is 0.00222. The molecule has 1 N–H and O–H groups in total. The molecule has 0 aliphatic carbocycles. The van der Waals surface area contributed by atoms with Gasteiger partial charge in [0.2, 0.25) is 5.91 Å². The third-order valence-corrected chi connectivity index (χ3v) is 5.44. The van der Waals surface area contributed by atoms with E-state index in [1.165, 1.54) is 0 Å². The van der Waals surface area contributed by atoms with Gasteiger partial charge < -0.3 is 10.2 Å². The molecule has 0 unspecified atom stereocenters. The summed E-state index contributed by atoms with van der Waals surface area (Å²) in [6, 6.07) is 15.7. The van der Waals surface area contributed by atoms with Crippen molar-refractivity contribution >= 4 is 33.2 Å². The normalized spacial score (nSPS) is 14.7. The number of nitrogens with zero attached hydrogens (tertiary/aromatic N) is 3. The van der Waals surface area contributed by atoms with Gasteiger partial charge in [-0.1, -0.05) is 28.1 Å². The molecule has 1 aliphatic rings. The van der Waals surface area contributed by atoms with Crippen LogP contribution in [0.1, 0.15) is 11.1 Å². The van der Waals surface area contributed by atoms with E-state index in [1.54, 1.807) is 0 Å². The first-order chi connectivity index (χ1) is 12.6. The van der Waals surface area contributed by atoms with Crippen LogP contribution in [0, 0.1) is 18.3 Å². The summed E-state index contributed by atoms with van der Waals surface area (Å²) in [6.07, 6.45) is 0. The summed E-state index contributed by atoms with van der Waals surface area (Å²) in [7, 11) is 0. The Balaban J connectivity index is 1.53. The third-order valence-electron chi connectivity index (χ3n) is 4.55. The highest BCUT2D eigenvalue weighted by atomic mass is 79.9. The minimum atomic E-state index is -0.00222. The Bertz CT molecular complexity index is 838. The first-order valence-electron chi connectivity index (χ1n) is 8.59. The fourth-order valence-corrected chi connectivity index (χ4v) is 3.36. The first-order valence-corrected chi connectivity index (χ1v) is 9.38. The van der Waals surface area contributed by atoms with Gasteiger partial charge >= 0.3 is 0 Å². The number of hydrogen-bond acceptors (Lipinski definition) is 4. The Hall–Kier alpha value is -2.36. The van der Waals surface area contributed by atoms with Crippen LogP contribution in [0.15, 0.2) is 46.9 Å². The largest absolute Gasteiger partial charge is 0.368 e. The maximum absolute atomic E-state index is 12.3. The fraction of sp³-hybridized carbons (Fsp3) is 0.300. The minimum Gasteiger partial charge on any atom is -0.368 e. The van der Waals surface area contributed by atoms with Gasteiger partial charge in [0.1, 0.15) is 6.07 Å². The van der Waals surface area contributed by atoms with Crippen LogP contribution < -0.4 is 10.2 Å². The highest BCUT2D eigenvalue weighted by Gasteiger charge is 2.20. The number of carbonyl (C=O) groups excluding carboxylic acids is 1. The van der Waals surface area contributed by atoms with Gasteiger partial charge in [-0.3, -0.25) is 9.69 Å². The van der Waals surface area contributed by atoms with Gasteiger partial charge in [-0.25, -0.2) is 0 Å². The van der Waals surface area contributed by atoms with Crippen molar-refractivity contribution in [2.45, 2.75) is 6.92 Å². The molecule has 1 heterocycles. The van der Waals surface area contributed by atoms with E-state index < -0.39 is 0 Å². The molecule has 26 heavy (non-hydrogen) atoms. The molecule has 0 aromatic heterocycles. The summed E-state index contributed by atoms with van der Waals surface area (Å²) in [5.74, 6) is -0.00222. The summed E-state index contributed by atoms with van der Waals surface area (Å²) < 4.78 is 1.03. The van der Waals surface area contributed by atoms with Crippen LogP contribution in [0.25, 0.3) is 0 Å². The molecule has 1 amide bonds. The predicted octanol–water partition coefficient (Wildman–Crippen LogP) is 3.39. The molecule has 0 saturated carbocycles. The van der Waals surface area contributed by atoms with Crippen LogP contribution in [0.2, 0.25) is 0 Å². The summed E-state index contributed by atoms with van der Waals surface area (Å²) in [5.41, 5.74) is 3.58. The highest BCUT2D eigenvalue weighted by molar-refractivity contribution is 9.10. The van der Waals surface area contributed by atoms with Crippen molar-refractivity contribution in [1.82, 2.24) is 4.90 Å². The Labute approximate surface area is 162 Å². The molecule has 0 bridgehead atoms. The number of aryl methyl sites for hydroxylation is 1. The van der Waals surface area contributed by atoms with Gasteiger partial charge in [0.25, 0.3) is 0 Å². The maximum Gasteiger partial charge on any atom is 0.238 e. The molecule has 3 rings (SSSR count). The summed E-state index contributed by atoms with van der Waals surface area (Å²) in [5, 5.41) is 12.2. The average Bonchev–Trinajstić information content (AvgIpc) is 2.65. The van der Waals surface area contributed by atoms with Crippen LogP contribution in [-0.4, -0.2) is 43.5 Å². The summed E-state index contributed by atoms with van der Waals surface area (Å²) in [4.78, 5) is 16.7. The first kappa shape index (κ1) is 18.4. The number of hydrogen-bond donors (Lipinski definition) is 1. The lowest BCUT2D eigenvalue weighted by Crippen LogP contribution is -2.48. The molecule has 6 heteroatoms. The zero-order chi connectivity index (χ0) is 18.5. The number of benzene rings is 2. The van der Waals surface area contributed by atoms with E-state index in [-0.39, 0.29) is 5.91 Å². The van der Waals surface area contributed by atoms with E-state index in [2.05, 4.69) is 37.1 Å². The number of anilines is 2. The van der Waals surface area contributed by atoms with Gasteiger partial charge in [-0.15, -0.1) is 0 Å². The number of nitriles is 1. The zero-order valence-corrected chi connectivity index (χ0v) is 16.3. The van der Waals surface area contributed by atoms with E-state index in [1.807, 2.05) is 49.4 Å². The number of halogens is 1. The number of carbonyl (C=O) groups is 1. The lowest BCUT2D eigenvalue weighted by Gasteiger charge is -2.36. The van der Waals surface area contributed by atoms with Crippen molar-refractivity contribution in [2.75, 3.05) is 42.9 Å². The van der Waals surface area contributed by atoms with Crippen LogP contribution in [-0.2, 0) is 4.79 Å². The van der Waals surface area contributed by atoms with Crippen LogP contribution >= 0.6 is 15.9 Å². The van der Waals surface area contributed by atoms with Crippen LogP contribution in [0.3, 0.4) is 0 Å². The number of para-hydroxylation sites is 1. The molecular formula is C20H21BrN4O. The standard InChI is InChI=1S/C20H21BrN4O/c1-15-12-17(6-7-18(15)21)23-20(26)14-24-8-10-25(11-9-24)19-5-3-2-4-16(19)13-22/h2-7,12H,8-11,14H2,1H3,(H,23,26). The fourth-order valence-electron chi connectivity index (χ4n) is 3.12. The van der Waals surface area contributed by atoms with Crippen molar-refractivity contribution in [3.63, 3.8) is 0 Å². The van der Waals surface area contributed by atoms with E-state index in [9.17, 15) is 10.1 Å². The molecular weight excluding hydrogens is 392 g/mol. The smallest absolute Gasteiger partial charge is 0.238 e. The van der Waals surface area contributed by atoms with Crippen molar-refractivity contribution in [1.29, 1.82) is 5.26 Å². The van der Waals surface area contributed by atoms with E-state index in [4.69, 9.17) is 0 Å².